The molecule has 0 radical (unpaired) electrons. The summed E-state index contributed by atoms with van der Waals surface area (Å²) in [7, 11) is -0.735. The Bertz CT molecular complexity index is 695. The summed E-state index contributed by atoms with van der Waals surface area (Å²) in [6.07, 6.45) is 4.24. The van der Waals surface area contributed by atoms with Crippen LogP contribution in [0.4, 0.5) is 0 Å². The molecule has 0 aromatic carbocycles. The van der Waals surface area contributed by atoms with Crippen LogP contribution in [0.25, 0.3) is 0 Å². The van der Waals surface area contributed by atoms with E-state index in [-0.39, 0.29) is 35.8 Å². The van der Waals surface area contributed by atoms with Gasteiger partial charge in [0.15, 0.2) is 5.96 Å². The van der Waals surface area contributed by atoms with Gasteiger partial charge >= 0.3 is 0 Å². The van der Waals surface area contributed by atoms with Crippen LogP contribution in [0.15, 0.2) is 22.5 Å². The molecule has 6 nitrogen and oxygen atoms in total. The van der Waals surface area contributed by atoms with Crippen LogP contribution in [0.1, 0.15) is 44.0 Å². The molecule has 1 aromatic heterocycles. The maximum absolute atomic E-state index is 11.4. The van der Waals surface area contributed by atoms with Crippen molar-refractivity contribution in [1.29, 1.82) is 0 Å². The summed E-state index contributed by atoms with van der Waals surface area (Å²) >= 11 is 1.82. The van der Waals surface area contributed by atoms with E-state index < -0.39 is 9.84 Å². The summed E-state index contributed by atoms with van der Waals surface area (Å²) in [5.41, 5.74) is 0. The first-order chi connectivity index (χ1) is 12.8. The molecule has 1 saturated heterocycles. The Morgan fingerprint density at radius 3 is 2.82 bits per heavy atom. The lowest BCUT2D eigenvalue weighted by molar-refractivity contribution is 0.128. The zero-order chi connectivity index (χ0) is 19.9. The first kappa shape index (κ1) is 25.6. The Labute approximate surface area is 191 Å². The van der Waals surface area contributed by atoms with Gasteiger partial charge in [-0.3, -0.25) is 9.89 Å². The molecule has 2 heterocycles. The van der Waals surface area contributed by atoms with Crippen molar-refractivity contribution in [3.8, 4) is 0 Å². The van der Waals surface area contributed by atoms with Gasteiger partial charge in [0, 0.05) is 36.3 Å². The van der Waals surface area contributed by atoms with Crippen LogP contribution in [0.3, 0.4) is 0 Å². The topological polar surface area (TPSA) is 73.8 Å². The van der Waals surface area contributed by atoms with Crippen LogP contribution in [0.5, 0.6) is 0 Å². The number of aliphatic imine (C=N–C) groups is 1. The Morgan fingerprint density at radius 1 is 1.46 bits per heavy atom. The van der Waals surface area contributed by atoms with Crippen LogP contribution in [0, 0.1) is 5.92 Å². The molecule has 0 amide bonds. The van der Waals surface area contributed by atoms with E-state index in [1.165, 1.54) is 24.0 Å². The van der Waals surface area contributed by atoms with E-state index in [1.54, 1.807) is 0 Å². The number of guanidine groups is 1. The fourth-order valence-electron chi connectivity index (χ4n) is 3.58. The van der Waals surface area contributed by atoms with E-state index in [0.29, 0.717) is 18.4 Å². The highest BCUT2D eigenvalue weighted by atomic mass is 127. The van der Waals surface area contributed by atoms with Crippen LogP contribution in [-0.2, 0) is 9.84 Å². The lowest BCUT2D eigenvalue weighted by atomic mass is 9.88. The summed E-state index contributed by atoms with van der Waals surface area (Å²) in [5, 5.41) is 8.79. The minimum absolute atomic E-state index is 0. The molecule has 0 spiro atoms. The number of thiophene rings is 1. The van der Waals surface area contributed by atoms with E-state index >= 15 is 0 Å². The van der Waals surface area contributed by atoms with Gasteiger partial charge in [-0.05, 0) is 64.1 Å². The number of hydrogen-bond acceptors (Lipinski definition) is 5. The number of rotatable bonds is 8. The highest BCUT2D eigenvalue weighted by Gasteiger charge is 2.31. The molecule has 0 bridgehead atoms. The number of likely N-dealkylation sites (tertiary alicyclic amines) is 1. The van der Waals surface area contributed by atoms with Crippen molar-refractivity contribution in [2.24, 2.45) is 10.9 Å². The van der Waals surface area contributed by atoms with E-state index in [9.17, 15) is 8.42 Å². The molecule has 9 heteroatoms. The molecule has 0 aliphatic carbocycles. The molecule has 162 valence electrons. The maximum Gasteiger partial charge on any atom is 0.191 e. The fourth-order valence-corrected chi connectivity index (χ4v) is 5.35. The van der Waals surface area contributed by atoms with Crippen LogP contribution >= 0.6 is 35.3 Å². The Kier molecular flexibility index (Phi) is 11.3. The second-order valence-electron chi connectivity index (χ2n) is 7.53. The van der Waals surface area contributed by atoms with Crippen LogP contribution < -0.4 is 10.6 Å². The SMILES string of the molecule is CCNC(=NCC1CCCN(C)C1c1cccs1)NC(C)CCS(C)(=O)=O.I. The third-order valence-electron chi connectivity index (χ3n) is 4.97. The first-order valence-electron chi connectivity index (χ1n) is 9.76. The van der Waals surface area contributed by atoms with Gasteiger partial charge in [0.2, 0.25) is 0 Å². The molecule has 0 saturated carbocycles. The summed E-state index contributed by atoms with van der Waals surface area (Å²) in [4.78, 5) is 8.70. The number of nitrogens with zero attached hydrogens (tertiary/aromatic N) is 2. The predicted molar refractivity (Wildman–Crippen MR) is 131 cm³/mol. The van der Waals surface area contributed by atoms with Crippen LogP contribution in [0.2, 0.25) is 0 Å². The number of sulfone groups is 1. The minimum atomic E-state index is -2.94. The van der Waals surface area contributed by atoms with Crippen molar-refractivity contribution in [2.75, 3.05) is 38.7 Å². The molecule has 3 unspecified atom stereocenters. The maximum atomic E-state index is 11.4. The monoisotopic (exact) mass is 542 g/mol. The zero-order valence-corrected chi connectivity index (χ0v) is 21.3. The number of piperidine rings is 1. The van der Waals surface area contributed by atoms with Gasteiger partial charge in [0.05, 0.1) is 5.75 Å². The smallest absolute Gasteiger partial charge is 0.191 e. The van der Waals surface area contributed by atoms with Gasteiger partial charge < -0.3 is 10.6 Å². The quantitative estimate of drug-likeness (QED) is 0.300. The molecule has 1 fully saturated rings. The molecule has 2 N–H and O–H groups in total. The van der Waals surface area contributed by atoms with Gasteiger partial charge in [-0.15, -0.1) is 35.3 Å². The van der Waals surface area contributed by atoms with E-state index in [0.717, 1.165) is 25.6 Å². The summed E-state index contributed by atoms with van der Waals surface area (Å²) in [5.74, 6) is 1.45. The Hall–Kier alpha value is -0.390. The van der Waals surface area contributed by atoms with E-state index in [2.05, 4.69) is 40.1 Å². The lowest BCUT2D eigenvalue weighted by Crippen LogP contribution is -2.43. The second-order valence-corrected chi connectivity index (χ2v) is 10.8. The molecule has 1 aliphatic heterocycles. The predicted octanol–water partition coefficient (Wildman–Crippen LogP) is 3.13. The zero-order valence-electron chi connectivity index (χ0n) is 17.3. The van der Waals surface area contributed by atoms with Crippen LogP contribution in [-0.4, -0.2) is 64.0 Å². The molecular weight excluding hydrogens is 507 g/mol. The van der Waals surface area contributed by atoms with Crippen molar-refractivity contribution >= 4 is 51.1 Å². The third-order valence-corrected chi connectivity index (χ3v) is 6.89. The lowest BCUT2D eigenvalue weighted by Gasteiger charge is -2.38. The molecule has 2 rings (SSSR count). The standard InChI is InChI=1S/C19H34N4O2S2.HI/c1-5-20-19(22-15(2)10-13-27(4,24)25)21-14-16-8-6-11-23(3)18(16)17-9-7-12-26-17;/h7,9,12,15-16,18H,5-6,8,10-11,13-14H2,1-4H3,(H2,20,21,22);1H. The van der Waals surface area contributed by atoms with Crippen molar-refractivity contribution < 1.29 is 8.42 Å². The minimum Gasteiger partial charge on any atom is -0.357 e. The third kappa shape index (κ3) is 8.54. The highest BCUT2D eigenvalue weighted by Crippen LogP contribution is 2.37. The van der Waals surface area contributed by atoms with Gasteiger partial charge in [-0.2, -0.15) is 0 Å². The largest absolute Gasteiger partial charge is 0.357 e. The van der Waals surface area contributed by atoms with E-state index in [4.69, 9.17) is 4.99 Å². The van der Waals surface area contributed by atoms with Gasteiger partial charge in [-0.1, -0.05) is 6.07 Å². The summed E-state index contributed by atoms with van der Waals surface area (Å²) in [6.45, 7) is 6.72. The average molecular weight is 543 g/mol. The van der Waals surface area contributed by atoms with Crippen molar-refractivity contribution in [2.45, 2.75) is 45.2 Å². The first-order valence-corrected chi connectivity index (χ1v) is 12.7. The molecule has 28 heavy (non-hydrogen) atoms. The summed E-state index contributed by atoms with van der Waals surface area (Å²) in [6, 6.07) is 4.83. The fraction of sp³-hybridized carbons (Fsp3) is 0.737. The molecular formula is C19H35IN4O2S2. The van der Waals surface area contributed by atoms with Crippen molar-refractivity contribution in [3.63, 3.8) is 0 Å². The second kappa shape index (κ2) is 12.3. The van der Waals surface area contributed by atoms with Gasteiger partial charge in [0.25, 0.3) is 0 Å². The molecule has 1 aliphatic rings. The van der Waals surface area contributed by atoms with Gasteiger partial charge in [-0.25, -0.2) is 8.42 Å². The number of halogens is 1. The summed E-state index contributed by atoms with van der Waals surface area (Å²) < 4.78 is 22.8. The Balaban J connectivity index is 0.00000392. The normalized spacial score (nSPS) is 22.4. The number of nitrogens with one attached hydrogen (secondary N) is 2. The van der Waals surface area contributed by atoms with Crippen molar-refractivity contribution in [1.82, 2.24) is 15.5 Å². The Morgan fingerprint density at radius 2 is 2.21 bits per heavy atom. The van der Waals surface area contributed by atoms with Gasteiger partial charge in [0.1, 0.15) is 9.84 Å². The average Bonchev–Trinajstić information content (AvgIpc) is 3.11. The van der Waals surface area contributed by atoms with Crippen molar-refractivity contribution in [3.05, 3.63) is 22.4 Å². The molecule has 3 atom stereocenters. The molecule has 1 aromatic rings. The van der Waals surface area contributed by atoms with E-state index in [1.807, 2.05) is 25.2 Å². The highest BCUT2D eigenvalue weighted by molar-refractivity contribution is 14.0. The number of hydrogen-bond donors (Lipinski definition) is 2.